The predicted molar refractivity (Wildman–Crippen MR) is 215 cm³/mol. The summed E-state index contributed by atoms with van der Waals surface area (Å²) in [5.74, 6) is 3.50. The number of hydrogen-bond acceptors (Lipinski definition) is 2. The highest BCUT2D eigenvalue weighted by Crippen LogP contribution is 2.63. The molecule has 2 aliphatic carbocycles. The highest BCUT2D eigenvalue weighted by molar-refractivity contribution is 6.98. The number of benzene rings is 8. The van der Waals surface area contributed by atoms with Crippen LogP contribution >= 0.6 is 0 Å². The molecule has 1 aromatic heterocycles. The monoisotopic (exact) mass is 673 g/mol. The van der Waals surface area contributed by atoms with Crippen molar-refractivity contribution in [2.75, 3.05) is 0 Å². The molecule has 9 aromatic rings. The quantitative estimate of drug-likeness (QED) is 0.162. The molecule has 0 unspecified atom stereocenters. The number of aromatic nitrogens is 1. The lowest BCUT2D eigenvalue weighted by atomic mass is 9.35. The molecule has 53 heavy (non-hydrogen) atoms. The van der Waals surface area contributed by atoms with Crippen LogP contribution in [0.2, 0.25) is 0 Å². The standard InChI is InChI=1S/C49H28BNO2/c1-5-16-36-30(12-1)31-13-2-6-17-37(31)49(36)38-18-7-3-14-32(38)34-27-35-33-15-4-9-20-42(33)51(43(35)28-39(34)49)29-24-25-41-47(26-29)53-46-23-11-22-45-48(46)50(41)40-19-8-10-21-44(40)52-45/h1-28H. The molecule has 0 N–H and O–H groups in total. The summed E-state index contributed by atoms with van der Waals surface area (Å²) in [6.45, 7) is 0.0336. The van der Waals surface area contributed by atoms with E-state index in [4.69, 9.17) is 9.47 Å². The van der Waals surface area contributed by atoms with Gasteiger partial charge >= 0.3 is 0 Å². The normalized spacial score (nSPS) is 14.5. The lowest BCUT2D eigenvalue weighted by molar-refractivity contribution is 0.464. The number of ether oxygens (including phenoxy) is 2. The molecule has 13 rings (SSSR count). The second-order valence-corrected chi connectivity index (χ2v) is 14.7. The van der Waals surface area contributed by atoms with Crippen molar-refractivity contribution < 1.29 is 9.47 Å². The van der Waals surface area contributed by atoms with Gasteiger partial charge in [0.1, 0.15) is 23.0 Å². The van der Waals surface area contributed by atoms with E-state index in [1.54, 1.807) is 0 Å². The molecule has 0 fully saturated rings. The van der Waals surface area contributed by atoms with Crippen LogP contribution in [0.15, 0.2) is 170 Å². The summed E-state index contributed by atoms with van der Waals surface area (Å²) < 4.78 is 15.6. The minimum atomic E-state index is -0.411. The first kappa shape index (κ1) is 27.9. The minimum Gasteiger partial charge on any atom is -0.458 e. The summed E-state index contributed by atoms with van der Waals surface area (Å²) in [6.07, 6.45) is 0. The second kappa shape index (κ2) is 9.75. The molecule has 0 atom stereocenters. The van der Waals surface area contributed by atoms with Crippen LogP contribution in [0.4, 0.5) is 0 Å². The summed E-state index contributed by atoms with van der Waals surface area (Å²) in [4.78, 5) is 0. The van der Waals surface area contributed by atoms with E-state index in [2.05, 4.69) is 156 Å². The van der Waals surface area contributed by atoms with E-state index < -0.39 is 5.41 Å². The Morgan fingerprint density at radius 2 is 0.981 bits per heavy atom. The second-order valence-electron chi connectivity index (χ2n) is 14.7. The van der Waals surface area contributed by atoms with Crippen LogP contribution in [-0.4, -0.2) is 11.3 Å². The van der Waals surface area contributed by atoms with Crippen molar-refractivity contribution in [3.8, 4) is 50.9 Å². The van der Waals surface area contributed by atoms with Gasteiger partial charge in [-0.1, -0.05) is 121 Å². The van der Waals surface area contributed by atoms with Crippen molar-refractivity contribution in [2.24, 2.45) is 0 Å². The highest BCUT2D eigenvalue weighted by Gasteiger charge is 2.51. The maximum atomic E-state index is 6.78. The molecule has 0 radical (unpaired) electrons. The zero-order valence-corrected chi connectivity index (χ0v) is 28.5. The van der Waals surface area contributed by atoms with Gasteiger partial charge in [0, 0.05) is 28.0 Å². The van der Waals surface area contributed by atoms with Gasteiger partial charge in [0.25, 0.3) is 6.71 Å². The molecule has 4 heteroatoms. The lowest BCUT2D eigenvalue weighted by Gasteiger charge is -2.33. The number of rotatable bonds is 1. The minimum absolute atomic E-state index is 0.0336. The van der Waals surface area contributed by atoms with Crippen molar-refractivity contribution in [3.05, 3.63) is 192 Å². The third-order valence-electron chi connectivity index (χ3n) is 12.3. The van der Waals surface area contributed by atoms with Crippen molar-refractivity contribution in [1.29, 1.82) is 0 Å². The summed E-state index contributed by atoms with van der Waals surface area (Å²) in [5.41, 5.74) is 17.1. The maximum Gasteiger partial charge on any atom is 0.260 e. The smallest absolute Gasteiger partial charge is 0.260 e. The Hall–Kier alpha value is -6.78. The molecule has 2 aliphatic heterocycles. The van der Waals surface area contributed by atoms with Crippen molar-refractivity contribution in [1.82, 2.24) is 4.57 Å². The molecule has 0 amide bonds. The van der Waals surface area contributed by atoms with Crippen LogP contribution in [0.1, 0.15) is 22.3 Å². The molecule has 3 heterocycles. The van der Waals surface area contributed by atoms with E-state index in [0.717, 1.165) is 39.6 Å². The molecular formula is C49H28BNO2. The molecule has 3 nitrogen and oxygen atoms in total. The molecule has 4 aliphatic rings. The van der Waals surface area contributed by atoms with Crippen molar-refractivity contribution in [2.45, 2.75) is 5.41 Å². The topological polar surface area (TPSA) is 23.4 Å². The molecule has 0 bridgehead atoms. The Kier molecular flexibility index (Phi) is 5.13. The van der Waals surface area contributed by atoms with Crippen LogP contribution in [0.25, 0.3) is 49.7 Å². The largest absolute Gasteiger partial charge is 0.458 e. The Labute approximate surface area is 306 Å². The van der Waals surface area contributed by atoms with Crippen LogP contribution in [0, 0.1) is 0 Å². The zero-order valence-electron chi connectivity index (χ0n) is 28.5. The predicted octanol–water partition coefficient (Wildman–Crippen LogP) is 9.85. The van der Waals surface area contributed by atoms with Crippen LogP contribution in [0.3, 0.4) is 0 Å². The van der Waals surface area contributed by atoms with Gasteiger partial charge in [0.05, 0.1) is 16.4 Å². The fraction of sp³-hybridized carbons (Fsp3) is 0.0204. The van der Waals surface area contributed by atoms with E-state index in [1.807, 2.05) is 18.2 Å². The molecular weight excluding hydrogens is 645 g/mol. The van der Waals surface area contributed by atoms with Gasteiger partial charge in [-0.2, -0.15) is 0 Å². The molecule has 244 valence electrons. The number of para-hydroxylation sites is 2. The molecule has 0 saturated heterocycles. The Morgan fingerprint density at radius 1 is 0.396 bits per heavy atom. The molecule has 1 spiro atoms. The van der Waals surface area contributed by atoms with E-state index in [-0.39, 0.29) is 6.71 Å². The van der Waals surface area contributed by atoms with Crippen LogP contribution in [-0.2, 0) is 5.41 Å². The van der Waals surface area contributed by atoms with Crippen molar-refractivity contribution >= 4 is 44.9 Å². The van der Waals surface area contributed by atoms with Gasteiger partial charge in [-0.15, -0.1) is 0 Å². The van der Waals surface area contributed by atoms with Gasteiger partial charge in [-0.05, 0) is 97.9 Å². The number of nitrogens with zero attached hydrogens (tertiary/aromatic N) is 1. The Balaban J connectivity index is 1.09. The fourth-order valence-corrected chi connectivity index (χ4v) is 10.3. The number of hydrogen-bond donors (Lipinski definition) is 0. The van der Waals surface area contributed by atoms with E-state index in [1.165, 1.54) is 71.8 Å². The Morgan fingerprint density at radius 3 is 1.74 bits per heavy atom. The van der Waals surface area contributed by atoms with E-state index in [9.17, 15) is 0 Å². The average molecular weight is 674 g/mol. The zero-order chi connectivity index (χ0) is 34.4. The summed E-state index contributed by atoms with van der Waals surface area (Å²) >= 11 is 0. The molecule has 0 saturated carbocycles. The lowest BCUT2D eigenvalue weighted by Crippen LogP contribution is -2.57. The first-order valence-corrected chi connectivity index (χ1v) is 18.4. The van der Waals surface area contributed by atoms with Gasteiger partial charge < -0.3 is 14.0 Å². The first-order chi connectivity index (χ1) is 26.3. The SMILES string of the molecule is c1ccc2c(c1)Oc1cccc3c1B2c1ccc(-n2c4ccccc4c4cc5c(cc42)C2(c4ccccc4-c4ccccc42)c2ccccc2-5)cc1O3. The van der Waals surface area contributed by atoms with Gasteiger partial charge in [-0.3, -0.25) is 0 Å². The number of fused-ring (bicyclic) bond motifs is 17. The highest BCUT2D eigenvalue weighted by atomic mass is 16.5. The van der Waals surface area contributed by atoms with Gasteiger partial charge in [-0.25, -0.2) is 0 Å². The molecule has 8 aromatic carbocycles. The fourth-order valence-electron chi connectivity index (χ4n) is 10.3. The summed E-state index contributed by atoms with van der Waals surface area (Å²) in [5, 5.41) is 2.49. The van der Waals surface area contributed by atoms with Gasteiger partial charge in [0.2, 0.25) is 0 Å². The summed E-state index contributed by atoms with van der Waals surface area (Å²) in [7, 11) is 0. The van der Waals surface area contributed by atoms with Crippen LogP contribution < -0.4 is 25.9 Å². The third-order valence-corrected chi connectivity index (χ3v) is 12.3. The van der Waals surface area contributed by atoms with E-state index in [0.29, 0.717) is 0 Å². The third kappa shape index (κ3) is 3.33. The van der Waals surface area contributed by atoms with E-state index >= 15 is 0 Å². The van der Waals surface area contributed by atoms with Crippen molar-refractivity contribution in [3.63, 3.8) is 0 Å². The van der Waals surface area contributed by atoms with Gasteiger partial charge in [0.15, 0.2) is 0 Å². The maximum absolute atomic E-state index is 6.78. The van der Waals surface area contributed by atoms with Crippen LogP contribution in [0.5, 0.6) is 23.0 Å². The Bertz CT molecular complexity index is 3050. The summed E-state index contributed by atoms with van der Waals surface area (Å²) in [6, 6.07) is 62.2. The average Bonchev–Trinajstić information content (AvgIpc) is 3.81. The first-order valence-electron chi connectivity index (χ1n) is 18.4.